The standard InChI is InChI=1S/C22H26FN5O2S/c1-3-20(15-8-10-27(11-9-15)31(2)30)26-22(29)19-12-24-14-21-18(19)13-25-28(21)17-6-4-16(23)5-7-17/h4-7,12-15,20H,3,8-11H2,1-2H3,(H,26,29). The number of aromatic nitrogens is 3. The van der Waals surface area contributed by atoms with E-state index in [1.807, 2.05) is 4.31 Å². The molecule has 0 bridgehead atoms. The topological polar surface area (TPSA) is 80.1 Å². The summed E-state index contributed by atoms with van der Waals surface area (Å²) in [6.45, 7) is 3.63. The van der Waals surface area contributed by atoms with E-state index in [9.17, 15) is 13.4 Å². The van der Waals surface area contributed by atoms with Crippen molar-refractivity contribution in [2.75, 3.05) is 19.3 Å². The Kier molecular flexibility index (Phi) is 6.43. The first kappa shape index (κ1) is 21.6. The summed E-state index contributed by atoms with van der Waals surface area (Å²) in [6.07, 6.45) is 9.20. The van der Waals surface area contributed by atoms with Crippen LogP contribution in [0.4, 0.5) is 4.39 Å². The summed E-state index contributed by atoms with van der Waals surface area (Å²) in [7, 11) is -0.946. The zero-order valence-electron chi connectivity index (χ0n) is 17.6. The van der Waals surface area contributed by atoms with Gasteiger partial charge in [-0.15, -0.1) is 0 Å². The molecule has 1 N–H and O–H groups in total. The van der Waals surface area contributed by atoms with Gasteiger partial charge in [0.25, 0.3) is 5.91 Å². The fourth-order valence-electron chi connectivity index (χ4n) is 4.25. The summed E-state index contributed by atoms with van der Waals surface area (Å²) >= 11 is 0. The summed E-state index contributed by atoms with van der Waals surface area (Å²) in [5, 5.41) is 8.27. The van der Waals surface area contributed by atoms with Crippen LogP contribution in [-0.2, 0) is 11.0 Å². The number of carbonyl (C=O) groups is 1. The maximum absolute atomic E-state index is 13.3. The van der Waals surface area contributed by atoms with Crippen molar-refractivity contribution >= 4 is 27.8 Å². The molecule has 31 heavy (non-hydrogen) atoms. The Balaban J connectivity index is 1.54. The van der Waals surface area contributed by atoms with Gasteiger partial charge < -0.3 is 5.32 Å². The van der Waals surface area contributed by atoms with Crippen molar-refractivity contribution in [2.45, 2.75) is 32.2 Å². The van der Waals surface area contributed by atoms with Crippen molar-refractivity contribution in [3.8, 4) is 5.69 Å². The Hall–Kier alpha value is -2.65. The third-order valence-corrected chi connectivity index (χ3v) is 7.09. The molecule has 3 heterocycles. The van der Waals surface area contributed by atoms with Gasteiger partial charge in [-0.05, 0) is 49.4 Å². The second kappa shape index (κ2) is 9.23. The van der Waals surface area contributed by atoms with Crippen LogP contribution in [0, 0.1) is 11.7 Å². The Morgan fingerprint density at radius 1 is 1.23 bits per heavy atom. The van der Waals surface area contributed by atoms with E-state index in [4.69, 9.17) is 0 Å². The van der Waals surface area contributed by atoms with E-state index in [0.717, 1.165) is 32.4 Å². The molecule has 1 saturated heterocycles. The number of piperidine rings is 1. The molecule has 7 nitrogen and oxygen atoms in total. The number of hydrogen-bond donors (Lipinski definition) is 1. The van der Waals surface area contributed by atoms with Crippen molar-refractivity contribution in [1.82, 2.24) is 24.4 Å². The number of amides is 1. The molecule has 3 aromatic rings. The highest BCUT2D eigenvalue weighted by Crippen LogP contribution is 2.25. The van der Waals surface area contributed by atoms with Crippen molar-refractivity contribution in [3.05, 3.63) is 54.2 Å². The van der Waals surface area contributed by atoms with Gasteiger partial charge >= 0.3 is 0 Å². The summed E-state index contributed by atoms with van der Waals surface area (Å²) < 4.78 is 28.6. The van der Waals surface area contributed by atoms with Gasteiger partial charge in [-0.1, -0.05) is 6.92 Å². The predicted molar refractivity (Wildman–Crippen MR) is 119 cm³/mol. The molecular weight excluding hydrogens is 417 g/mol. The number of fused-ring (bicyclic) bond motifs is 1. The molecule has 2 unspecified atom stereocenters. The molecule has 9 heteroatoms. The number of pyridine rings is 1. The molecule has 1 aromatic carbocycles. The van der Waals surface area contributed by atoms with E-state index >= 15 is 0 Å². The zero-order valence-corrected chi connectivity index (χ0v) is 18.4. The number of hydrogen-bond acceptors (Lipinski definition) is 4. The number of rotatable bonds is 6. The van der Waals surface area contributed by atoms with E-state index < -0.39 is 11.0 Å². The lowest BCUT2D eigenvalue weighted by Crippen LogP contribution is -2.45. The van der Waals surface area contributed by atoms with Crippen molar-refractivity contribution in [3.63, 3.8) is 0 Å². The zero-order chi connectivity index (χ0) is 22.0. The van der Waals surface area contributed by atoms with Gasteiger partial charge in [-0.3, -0.25) is 9.78 Å². The molecule has 1 fully saturated rings. The number of nitrogens with one attached hydrogen (secondary N) is 1. The summed E-state index contributed by atoms with van der Waals surface area (Å²) in [5.41, 5.74) is 1.85. The third-order valence-electron chi connectivity index (χ3n) is 6.00. The first-order valence-corrected chi connectivity index (χ1v) is 12.0. The van der Waals surface area contributed by atoms with Gasteiger partial charge in [-0.25, -0.2) is 17.6 Å². The van der Waals surface area contributed by atoms with E-state index in [1.165, 1.54) is 12.1 Å². The maximum Gasteiger partial charge on any atom is 0.253 e. The number of nitrogens with zero attached hydrogens (tertiary/aromatic N) is 4. The van der Waals surface area contributed by atoms with Gasteiger partial charge in [0, 0.05) is 37.0 Å². The molecular formula is C22H26FN5O2S. The normalized spacial score (nSPS) is 17.5. The van der Waals surface area contributed by atoms with E-state index in [0.29, 0.717) is 28.1 Å². The Labute approximate surface area is 183 Å². The minimum atomic E-state index is -0.946. The van der Waals surface area contributed by atoms with E-state index in [-0.39, 0.29) is 17.8 Å². The lowest BCUT2D eigenvalue weighted by molar-refractivity contribution is 0.0908. The summed E-state index contributed by atoms with van der Waals surface area (Å²) in [4.78, 5) is 17.4. The minimum Gasteiger partial charge on any atom is -0.349 e. The summed E-state index contributed by atoms with van der Waals surface area (Å²) in [5.74, 6) is -0.145. The number of halogens is 1. The molecule has 1 amide bonds. The van der Waals surface area contributed by atoms with Gasteiger partial charge in [0.05, 0.1) is 40.1 Å². The van der Waals surface area contributed by atoms with Crippen LogP contribution < -0.4 is 5.32 Å². The highest BCUT2D eigenvalue weighted by atomic mass is 32.2. The number of carbonyl (C=O) groups excluding carboxylic acids is 1. The molecule has 0 aliphatic carbocycles. The molecule has 164 valence electrons. The second-order valence-electron chi connectivity index (χ2n) is 7.83. The van der Waals surface area contributed by atoms with Crippen LogP contribution in [0.3, 0.4) is 0 Å². The molecule has 1 aliphatic heterocycles. The Morgan fingerprint density at radius 3 is 2.58 bits per heavy atom. The molecule has 2 aromatic heterocycles. The Morgan fingerprint density at radius 2 is 1.94 bits per heavy atom. The van der Waals surface area contributed by atoms with Crippen molar-refractivity contribution in [1.29, 1.82) is 0 Å². The van der Waals surface area contributed by atoms with Crippen LogP contribution in [0.2, 0.25) is 0 Å². The van der Waals surface area contributed by atoms with Gasteiger partial charge in [0.2, 0.25) is 0 Å². The fourth-order valence-corrected chi connectivity index (χ4v) is 4.97. The largest absolute Gasteiger partial charge is 0.349 e. The lowest BCUT2D eigenvalue weighted by atomic mass is 9.88. The van der Waals surface area contributed by atoms with Crippen LogP contribution in [0.15, 0.2) is 42.9 Å². The molecule has 1 aliphatic rings. The quantitative estimate of drug-likeness (QED) is 0.635. The smallest absolute Gasteiger partial charge is 0.253 e. The van der Waals surface area contributed by atoms with E-state index in [1.54, 1.807) is 41.7 Å². The molecule has 0 radical (unpaired) electrons. The van der Waals surface area contributed by atoms with Crippen LogP contribution in [0.1, 0.15) is 36.5 Å². The van der Waals surface area contributed by atoms with Crippen LogP contribution in [0.5, 0.6) is 0 Å². The number of benzene rings is 1. The van der Waals surface area contributed by atoms with Crippen molar-refractivity contribution in [2.24, 2.45) is 5.92 Å². The first-order valence-electron chi connectivity index (χ1n) is 10.4. The van der Waals surface area contributed by atoms with Crippen LogP contribution >= 0.6 is 0 Å². The van der Waals surface area contributed by atoms with Gasteiger partial charge in [-0.2, -0.15) is 5.10 Å². The lowest BCUT2D eigenvalue weighted by Gasteiger charge is -2.34. The molecule has 0 saturated carbocycles. The van der Waals surface area contributed by atoms with Crippen LogP contribution in [-0.4, -0.2) is 54.6 Å². The van der Waals surface area contributed by atoms with E-state index in [2.05, 4.69) is 22.3 Å². The van der Waals surface area contributed by atoms with Crippen molar-refractivity contribution < 1.29 is 13.4 Å². The monoisotopic (exact) mass is 443 g/mol. The molecule has 4 rings (SSSR count). The summed E-state index contributed by atoms with van der Waals surface area (Å²) in [6, 6.07) is 6.06. The highest BCUT2D eigenvalue weighted by molar-refractivity contribution is 7.81. The first-order chi connectivity index (χ1) is 15.0. The highest BCUT2D eigenvalue weighted by Gasteiger charge is 2.28. The third kappa shape index (κ3) is 4.52. The minimum absolute atomic E-state index is 0.0438. The van der Waals surface area contributed by atoms with Crippen LogP contribution in [0.25, 0.3) is 16.6 Å². The van der Waals surface area contributed by atoms with Gasteiger partial charge in [0.1, 0.15) is 5.82 Å². The maximum atomic E-state index is 13.3. The average molecular weight is 444 g/mol. The molecule has 2 atom stereocenters. The Bertz CT molecular complexity index is 1090. The fraction of sp³-hybridized carbons (Fsp3) is 0.409. The van der Waals surface area contributed by atoms with Gasteiger partial charge in [0.15, 0.2) is 0 Å². The molecule has 0 spiro atoms. The SMILES string of the molecule is CCC(NC(=O)c1cncc2c1cnn2-c1ccc(F)cc1)C1CCN(S(C)=O)CC1. The average Bonchev–Trinajstić information content (AvgIpc) is 3.22. The predicted octanol–water partition coefficient (Wildman–Crippen LogP) is 3.07. The second-order valence-corrected chi connectivity index (χ2v) is 9.20.